The molecule has 0 aliphatic rings. The molecule has 1 heterocycles. The fraction of sp³-hybridized carbons (Fsp3) is 0.172. The number of aryl methyl sites for hydroxylation is 2. The van der Waals surface area contributed by atoms with Crippen molar-refractivity contribution in [1.82, 2.24) is 9.78 Å². The Bertz CT molecular complexity index is 1570. The Hall–Kier alpha value is -4.19. The van der Waals surface area contributed by atoms with Gasteiger partial charge in [-0.3, -0.25) is 9.48 Å². The highest BCUT2D eigenvalue weighted by Crippen LogP contribution is 2.35. The van der Waals surface area contributed by atoms with Crippen LogP contribution in [-0.4, -0.2) is 22.2 Å². The number of nitrogens with zero attached hydrogens (tertiary/aromatic N) is 2. The number of amides is 1. The smallest absolute Gasteiger partial charge is 0.256 e. The molecule has 35 heavy (non-hydrogen) atoms. The van der Waals surface area contributed by atoms with Crippen LogP contribution in [0.2, 0.25) is 0 Å². The van der Waals surface area contributed by atoms with Gasteiger partial charge in [0, 0.05) is 24.3 Å². The van der Waals surface area contributed by atoms with E-state index in [0.29, 0.717) is 16.8 Å². The minimum absolute atomic E-state index is 0.227. The fourth-order valence-corrected chi connectivity index (χ4v) is 4.57. The molecule has 0 atom stereocenters. The molecule has 5 aromatic rings. The molecule has 0 unspecified atom stereocenters. The number of nitrogens with one attached hydrogen (secondary N) is 2. The van der Waals surface area contributed by atoms with Crippen LogP contribution in [0.3, 0.4) is 0 Å². The van der Waals surface area contributed by atoms with Gasteiger partial charge in [-0.15, -0.1) is 0 Å². The summed E-state index contributed by atoms with van der Waals surface area (Å²) in [6.45, 7) is 7.40. The van der Waals surface area contributed by atoms with Crippen LogP contribution in [0.15, 0.2) is 72.8 Å². The van der Waals surface area contributed by atoms with E-state index in [0.717, 1.165) is 51.7 Å². The van der Waals surface area contributed by atoms with Gasteiger partial charge in [-0.1, -0.05) is 36.4 Å². The van der Waals surface area contributed by atoms with Crippen LogP contribution in [0.4, 0.5) is 15.9 Å². The lowest BCUT2D eigenvalue weighted by atomic mass is 9.96. The molecule has 0 fully saturated rings. The number of rotatable bonds is 6. The van der Waals surface area contributed by atoms with Gasteiger partial charge in [0.25, 0.3) is 5.91 Å². The molecule has 5 nitrogen and oxygen atoms in total. The van der Waals surface area contributed by atoms with Crippen molar-refractivity contribution in [3.63, 3.8) is 0 Å². The predicted molar refractivity (Wildman–Crippen MR) is 142 cm³/mol. The van der Waals surface area contributed by atoms with E-state index < -0.39 is 0 Å². The zero-order valence-corrected chi connectivity index (χ0v) is 20.0. The minimum atomic E-state index is -0.294. The van der Waals surface area contributed by atoms with Gasteiger partial charge < -0.3 is 10.6 Å². The third-order valence-corrected chi connectivity index (χ3v) is 6.27. The summed E-state index contributed by atoms with van der Waals surface area (Å²) >= 11 is 0. The Kier molecular flexibility index (Phi) is 5.95. The van der Waals surface area contributed by atoms with Crippen LogP contribution in [0.25, 0.3) is 32.8 Å². The first-order valence-electron chi connectivity index (χ1n) is 11.8. The Morgan fingerprint density at radius 3 is 2.60 bits per heavy atom. The first-order chi connectivity index (χ1) is 17.0. The normalized spacial score (nSPS) is 11.2. The molecule has 0 saturated heterocycles. The molecule has 1 aromatic heterocycles. The summed E-state index contributed by atoms with van der Waals surface area (Å²) in [5, 5.41) is 14.0. The van der Waals surface area contributed by atoms with Crippen LogP contribution < -0.4 is 10.6 Å². The van der Waals surface area contributed by atoms with Gasteiger partial charge in [-0.2, -0.15) is 5.10 Å². The molecular formula is C29H27FN4O. The van der Waals surface area contributed by atoms with Crippen molar-refractivity contribution in [1.29, 1.82) is 0 Å². The Balaban J connectivity index is 1.56. The van der Waals surface area contributed by atoms with Crippen molar-refractivity contribution in [2.45, 2.75) is 27.3 Å². The van der Waals surface area contributed by atoms with E-state index in [4.69, 9.17) is 5.10 Å². The van der Waals surface area contributed by atoms with E-state index in [2.05, 4.69) is 54.8 Å². The van der Waals surface area contributed by atoms with Crippen molar-refractivity contribution in [2.24, 2.45) is 0 Å². The molecule has 0 aliphatic heterocycles. The molecule has 5 rings (SSSR count). The summed E-state index contributed by atoms with van der Waals surface area (Å²) in [4.78, 5) is 13.1. The molecule has 4 aromatic carbocycles. The second-order valence-corrected chi connectivity index (χ2v) is 8.55. The number of aromatic nitrogens is 2. The van der Waals surface area contributed by atoms with Gasteiger partial charge in [0.1, 0.15) is 5.82 Å². The van der Waals surface area contributed by atoms with Crippen molar-refractivity contribution < 1.29 is 9.18 Å². The molecule has 2 N–H and O–H groups in total. The molecule has 0 radical (unpaired) electrons. The fourth-order valence-electron chi connectivity index (χ4n) is 4.57. The highest BCUT2D eigenvalue weighted by Gasteiger charge is 2.16. The third-order valence-electron chi connectivity index (χ3n) is 6.27. The second kappa shape index (κ2) is 9.22. The summed E-state index contributed by atoms with van der Waals surface area (Å²) in [6, 6.07) is 22.7. The lowest BCUT2D eigenvalue weighted by molar-refractivity contribution is 0.102. The van der Waals surface area contributed by atoms with Gasteiger partial charge in [0.05, 0.1) is 10.9 Å². The van der Waals surface area contributed by atoms with Crippen LogP contribution in [0.5, 0.6) is 0 Å². The van der Waals surface area contributed by atoms with Gasteiger partial charge in [-0.25, -0.2) is 4.39 Å². The number of hydrogen-bond donors (Lipinski definition) is 2. The van der Waals surface area contributed by atoms with Gasteiger partial charge in [0.15, 0.2) is 5.82 Å². The summed E-state index contributed by atoms with van der Waals surface area (Å²) in [7, 11) is 0. The number of fused-ring (bicyclic) bond motifs is 2. The van der Waals surface area contributed by atoms with Crippen molar-refractivity contribution in [3.8, 4) is 11.1 Å². The highest BCUT2D eigenvalue weighted by molar-refractivity contribution is 6.14. The number of carbonyl (C=O) groups excluding carboxylic acids is 1. The maximum atomic E-state index is 13.6. The average molecular weight is 467 g/mol. The van der Waals surface area contributed by atoms with Gasteiger partial charge >= 0.3 is 0 Å². The molecule has 176 valence electrons. The molecule has 6 heteroatoms. The predicted octanol–water partition coefficient (Wildman–Crippen LogP) is 7.01. The quantitative estimate of drug-likeness (QED) is 0.283. The van der Waals surface area contributed by atoms with Crippen LogP contribution in [0, 0.1) is 12.7 Å². The van der Waals surface area contributed by atoms with Gasteiger partial charge in [-0.05, 0) is 84.6 Å². The summed E-state index contributed by atoms with van der Waals surface area (Å²) in [5.41, 5.74) is 4.87. The summed E-state index contributed by atoms with van der Waals surface area (Å²) in [5.74, 6) is 0.357. The Labute approximate surface area is 203 Å². The average Bonchev–Trinajstić information content (AvgIpc) is 3.23. The summed E-state index contributed by atoms with van der Waals surface area (Å²) in [6.07, 6.45) is 0. The van der Waals surface area contributed by atoms with Crippen LogP contribution in [0.1, 0.15) is 29.8 Å². The number of benzene rings is 4. The second-order valence-electron chi connectivity index (χ2n) is 8.55. The third kappa shape index (κ3) is 4.12. The van der Waals surface area contributed by atoms with E-state index in [1.165, 1.54) is 6.07 Å². The van der Waals surface area contributed by atoms with Crippen molar-refractivity contribution in [3.05, 3.63) is 89.7 Å². The Morgan fingerprint density at radius 2 is 1.83 bits per heavy atom. The SMILES string of the molecule is CCNc1nn(CC)c2cccc(-c3ccc4c(C(=O)Nc5ccc(F)c(C)c5)cccc4c3)c12. The molecule has 0 spiro atoms. The molecule has 0 aliphatic carbocycles. The molecule has 0 saturated carbocycles. The first-order valence-corrected chi connectivity index (χ1v) is 11.8. The van der Waals surface area contributed by atoms with Crippen LogP contribution >= 0.6 is 0 Å². The molecule has 1 amide bonds. The van der Waals surface area contributed by atoms with Crippen LogP contribution in [-0.2, 0) is 6.54 Å². The maximum Gasteiger partial charge on any atom is 0.256 e. The number of carbonyl (C=O) groups is 1. The minimum Gasteiger partial charge on any atom is -0.368 e. The van der Waals surface area contributed by atoms with E-state index in [-0.39, 0.29) is 11.7 Å². The Morgan fingerprint density at radius 1 is 1.00 bits per heavy atom. The lowest BCUT2D eigenvalue weighted by Crippen LogP contribution is -2.12. The van der Waals surface area contributed by atoms with Crippen molar-refractivity contribution >= 4 is 39.1 Å². The van der Waals surface area contributed by atoms with Gasteiger partial charge in [0.2, 0.25) is 0 Å². The van der Waals surface area contributed by atoms with E-state index in [1.807, 2.05) is 28.9 Å². The van der Waals surface area contributed by atoms with E-state index in [1.54, 1.807) is 19.1 Å². The van der Waals surface area contributed by atoms with E-state index in [9.17, 15) is 9.18 Å². The van der Waals surface area contributed by atoms with Crippen molar-refractivity contribution in [2.75, 3.05) is 17.2 Å². The summed E-state index contributed by atoms with van der Waals surface area (Å²) < 4.78 is 15.6. The first kappa shape index (κ1) is 22.6. The largest absolute Gasteiger partial charge is 0.368 e. The highest BCUT2D eigenvalue weighted by atomic mass is 19.1. The zero-order chi connectivity index (χ0) is 24.5. The molecular weight excluding hydrogens is 439 g/mol. The number of halogens is 1. The monoisotopic (exact) mass is 466 g/mol. The number of anilines is 2. The standard InChI is InChI=1S/C29H27FN4O/c1-4-31-28-27-23(9-7-11-26(27)34(5-2)33-28)20-12-14-22-19(17-20)8-6-10-24(22)29(35)32-21-13-15-25(30)18(3)16-21/h6-17H,4-5H2,1-3H3,(H,31,33)(H,32,35). The lowest BCUT2D eigenvalue weighted by Gasteiger charge is -2.11. The maximum absolute atomic E-state index is 13.6. The van der Waals surface area contributed by atoms with E-state index >= 15 is 0 Å². The zero-order valence-electron chi connectivity index (χ0n) is 20.0. The topological polar surface area (TPSA) is 59.0 Å². The number of hydrogen-bond acceptors (Lipinski definition) is 3. The molecule has 0 bridgehead atoms.